The van der Waals surface area contributed by atoms with Crippen molar-refractivity contribution < 1.29 is 9.90 Å². The quantitative estimate of drug-likeness (QED) is 0.924. The number of rotatable bonds is 4. The first-order valence-electron chi connectivity index (χ1n) is 9.44. The van der Waals surface area contributed by atoms with E-state index < -0.39 is 0 Å². The van der Waals surface area contributed by atoms with Crippen LogP contribution in [0.5, 0.6) is 5.75 Å². The van der Waals surface area contributed by atoms with E-state index in [1.807, 2.05) is 12.1 Å². The van der Waals surface area contributed by atoms with Crippen LogP contribution in [0.4, 0.5) is 0 Å². The van der Waals surface area contributed by atoms with Gasteiger partial charge in [0, 0.05) is 26.2 Å². The number of aromatic hydroxyl groups is 1. The predicted molar refractivity (Wildman–Crippen MR) is 93.6 cm³/mol. The molecular weight excluding hydrogens is 300 g/mol. The Morgan fingerprint density at radius 3 is 2.79 bits per heavy atom. The Labute approximate surface area is 144 Å². The lowest BCUT2D eigenvalue weighted by Gasteiger charge is -2.42. The summed E-state index contributed by atoms with van der Waals surface area (Å²) in [6.45, 7) is 4.64. The van der Waals surface area contributed by atoms with Gasteiger partial charge in [0.1, 0.15) is 5.75 Å². The number of likely N-dealkylation sites (tertiary alicyclic amines) is 2. The monoisotopic (exact) mass is 328 g/mol. The number of nitrogens with zero attached hydrogens (tertiary/aromatic N) is 2. The number of phenolic OH excluding ortho intramolecular Hbond substituents is 1. The molecular formula is C20H28N2O2. The number of piperidine rings is 1. The molecule has 2 saturated heterocycles. The zero-order chi connectivity index (χ0) is 16.6. The Kier molecular flexibility index (Phi) is 4.25. The molecule has 0 bridgehead atoms. The molecule has 1 amide bonds. The largest absolute Gasteiger partial charge is 0.508 e. The van der Waals surface area contributed by atoms with Crippen molar-refractivity contribution in [1.29, 1.82) is 0 Å². The Bertz CT molecular complexity index is 613. The SMILES string of the molecule is O=C1N(CC2CCC2)CCC[C@@]12CCN(Cc1cccc(O)c1)C2. The highest BCUT2D eigenvalue weighted by Gasteiger charge is 2.48. The molecule has 0 unspecified atom stereocenters. The normalized spacial score (nSPS) is 28.5. The van der Waals surface area contributed by atoms with Crippen LogP contribution in [-0.4, -0.2) is 47.0 Å². The van der Waals surface area contributed by atoms with E-state index in [0.29, 0.717) is 11.7 Å². The standard InChI is InChI=1S/C20H28N2O2/c23-18-7-2-6-17(12-18)13-21-11-9-20(15-21)8-3-10-22(19(20)24)14-16-4-1-5-16/h2,6-7,12,16,23H,1,3-5,8-11,13-15H2/t20-/m0/s1. The van der Waals surface area contributed by atoms with Gasteiger partial charge in [0.25, 0.3) is 0 Å². The van der Waals surface area contributed by atoms with Gasteiger partial charge in [-0.2, -0.15) is 0 Å². The fourth-order valence-electron chi connectivity index (χ4n) is 4.70. The molecule has 3 fully saturated rings. The van der Waals surface area contributed by atoms with E-state index in [1.165, 1.54) is 19.3 Å². The van der Waals surface area contributed by atoms with Crippen LogP contribution in [0.2, 0.25) is 0 Å². The summed E-state index contributed by atoms with van der Waals surface area (Å²) in [5.74, 6) is 1.50. The van der Waals surface area contributed by atoms with Gasteiger partial charge in [-0.25, -0.2) is 0 Å². The summed E-state index contributed by atoms with van der Waals surface area (Å²) in [6.07, 6.45) is 7.14. The summed E-state index contributed by atoms with van der Waals surface area (Å²) >= 11 is 0. The summed E-state index contributed by atoms with van der Waals surface area (Å²) in [5.41, 5.74) is 0.986. The third-order valence-corrected chi connectivity index (χ3v) is 6.28. The maximum Gasteiger partial charge on any atom is 0.230 e. The fourth-order valence-corrected chi connectivity index (χ4v) is 4.70. The van der Waals surface area contributed by atoms with Crippen LogP contribution in [0, 0.1) is 11.3 Å². The van der Waals surface area contributed by atoms with Crippen molar-refractivity contribution in [3.05, 3.63) is 29.8 Å². The van der Waals surface area contributed by atoms with Crippen molar-refractivity contribution in [2.45, 2.75) is 45.1 Å². The molecule has 2 aliphatic heterocycles. The number of hydrogen-bond donors (Lipinski definition) is 1. The number of benzene rings is 1. The molecule has 1 spiro atoms. The van der Waals surface area contributed by atoms with Crippen LogP contribution in [0.3, 0.4) is 0 Å². The lowest BCUT2D eigenvalue weighted by atomic mass is 9.77. The second kappa shape index (κ2) is 6.40. The molecule has 24 heavy (non-hydrogen) atoms. The van der Waals surface area contributed by atoms with Crippen molar-refractivity contribution >= 4 is 5.91 Å². The van der Waals surface area contributed by atoms with Crippen LogP contribution in [-0.2, 0) is 11.3 Å². The highest BCUT2D eigenvalue weighted by molar-refractivity contribution is 5.84. The molecule has 2 heterocycles. The van der Waals surface area contributed by atoms with Gasteiger partial charge in [-0.1, -0.05) is 18.6 Å². The summed E-state index contributed by atoms with van der Waals surface area (Å²) in [7, 11) is 0. The lowest BCUT2D eigenvalue weighted by Crippen LogP contribution is -2.51. The predicted octanol–water partition coefficient (Wildman–Crippen LogP) is 3.01. The minimum atomic E-state index is -0.140. The molecule has 0 aromatic heterocycles. The van der Waals surface area contributed by atoms with E-state index in [4.69, 9.17) is 0 Å². The molecule has 1 atom stereocenters. The van der Waals surface area contributed by atoms with E-state index >= 15 is 0 Å². The van der Waals surface area contributed by atoms with E-state index in [9.17, 15) is 9.90 Å². The minimum Gasteiger partial charge on any atom is -0.508 e. The van der Waals surface area contributed by atoms with Gasteiger partial charge in [-0.3, -0.25) is 9.69 Å². The van der Waals surface area contributed by atoms with Gasteiger partial charge < -0.3 is 10.0 Å². The number of carbonyl (C=O) groups excluding carboxylic acids is 1. The average molecular weight is 328 g/mol. The Hall–Kier alpha value is -1.55. The van der Waals surface area contributed by atoms with Gasteiger partial charge in [-0.15, -0.1) is 0 Å². The van der Waals surface area contributed by atoms with Crippen LogP contribution < -0.4 is 0 Å². The van der Waals surface area contributed by atoms with Gasteiger partial charge in [0.15, 0.2) is 0 Å². The molecule has 1 aromatic carbocycles. The smallest absolute Gasteiger partial charge is 0.230 e. The summed E-state index contributed by atoms with van der Waals surface area (Å²) in [6, 6.07) is 7.48. The fraction of sp³-hybridized carbons (Fsp3) is 0.650. The number of carbonyl (C=O) groups is 1. The van der Waals surface area contributed by atoms with Crippen molar-refractivity contribution in [3.63, 3.8) is 0 Å². The maximum absolute atomic E-state index is 13.1. The zero-order valence-corrected chi connectivity index (χ0v) is 14.4. The average Bonchev–Trinajstić information content (AvgIpc) is 2.91. The molecule has 130 valence electrons. The maximum atomic E-state index is 13.1. The third-order valence-electron chi connectivity index (χ3n) is 6.28. The molecule has 4 rings (SSSR count). The molecule has 1 aliphatic carbocycles. The molecule has 4 heteroatoms. The number of amides is 1. The van der Waals surface area contributed by atoms with Gasteiger partial charge in [0.05, 0.1) is 5.41 Å². The zero-order valence-electron chi connectivity index (χ0n) is 14.4. The van der Waals surface area contributed by atoms with E-state index in [0.717, 1.165) is 63.5 Å². The van der Waals surface area contributed by atoms with E-state index in [2.05, 4.69) is 15.9 Å². The highest BCUT2D eigenvalue weighted by Crippen LogP contribution is 2.41. The van der Waals surface area contributed by atoms with Crippen LogP contribution in [0.1, 0.15) is 44.1 Å². The molecule has 1 aromatic rings. The van der Waals surface area contributed by atoms with Gasteiger partial charge in [-0.05, 0) is 62.3 Å². The third kappa shape index (κ3) is 3.04. The van der Waals surface area contributed by atoms with Crippen LogP contribution in [0.25, 0.3) is 0 Å². The Morgan fingerprint density at radius 1 is 1.17 bits per heavy atom. The first kappa shape index (κ1) is 15.9. The van der Waals surface area contributed by atoms with Crippen LogP contribution >= 0.6 is 0 Å². The minimum absolute atomic E-state index is 0.140. The van der Waals surface area contributed by atoms with Crippen molar-refractivity contribution in [1.82, 2.24) is 9.80 Å². The number of phenols is 1. The summed E-state index contributed by atoms with van der Waals surface area (Å²) in [5, 5.41) is 9.64. The molecule has 4 nitrogen and oxygen atoms in total. The van der Waals surface area contributed by atoms with Crippen molar-refractivity contribution in [2.24, 2.45) is 11.3 Å². The van der Waals surface area contributed by atoms with Gasteiger partial charge in [0.2, 0.25) is 5.91 Å². The van der Waals surface area contributed by atoms with Crippen molar-refractivity contribution in [2.75, 3.05) is 26.2 Å². The van der Waals surface area contributed by atoms with Crippen LogP contribution in [0.15, 0.2) is 24.3 Å². The summed E-state index contributed by atoms with van der Waals surface area (Å²) < 4.78 is 0. The van der Waals surface area contributed by atoms with Crippen molar-refractivity contribution in [3.8, 4) is 5.75 Å². The summed E-state index contributed by atoms with van der Waals surface area (Å²) in [4.78, 5) is 17.7. The number of hydrogen-bond acceptors (Lipinski definition) is 3. The first-order chi connectivity index (χ1) is 11.6. The molecule has 3 aliphatic rings. The Balaban J connectivity index is 1.40. The van der Waals surface area contributed by atoms with Gasteiger partial charge >= 0.3 is 0 Å². The van der Waals surface area contributed by atoms with E-state index in [1.54, 1.807) is 6.07 Å². The Morgan fingerprint density at radius 2 is 2.04 bits per heavy atom. The topological polar surface area (TPSA) is 43.8 Å². The molecule has 1 N–H and O–H groups in total. The molecule has 1 saturated carbocycles. The lowest BCUT2D eigenvalue weighted by molar-refractivity contribution is -0.146. The second-order valence-corrected chi connectivity index (χ2v) is 8.06. The van der Waals surface area contributed by atoms with E-state index in [-0.39, 0.29) is 5.41 Å². The second-order valence-electron chi connectivity index (χ2n) is 8.06. The molecule has 0 radical (unpaired) electrons. The highest BCUT2D eigenvalue weighted by atomic mass is 16.3. The first-order valence-corrected chi connectivity index (χ1v) is 9.44.